The SMILES string of the molecule is CC1(C)[C@H]2C[C@@H]3O[C@]3(CC(Cl)Cl)[C@@H]1C2. The van der Waals surface area contributed by atoms with Crippen molar-refractivity contribution in [2.75, 3.05) is 0 Å². The molecule has 0 aromatic carbocycles. The van der Waals surface area contributed by atoms with Gasteiger partial charge in [-0.1, -0.05) is 13.8 Å². The Kier molecular flexibility index (Phi) is 1.82. The Balaban J connectivity index is 1.83. The Labute approximate surface area is 95.1 Å². The maximum atomic E-state index is 5.90. The molecule has 4 rings (SSSR count). The minimum atomic E-state index is -0.270. The van der Waals surface area contributed by atoms with Crippen molar-refractivity contribution >= 4 is 23.2 Å². The van der Waals surface area contributed by atoms with Crippen LogP contribution in [0.15, 0.2) is 0 Å². The van der Waals surface area contributed by atoms with Crippen LogP contribution in [-0.2, 0) is 4.74 Å². The number of ether oxygens (including phenoxy) is 1. The third kappa shape index (κ3) is 1.02. The molecule has 80 valence electrons. The monoisotopic (exact) mass is 234 g/mol. The first-order valence-electron chi connectivity index (χ1n) is 5.43. The molecule has 0 unspecified atom stereocenters. The molecular weight excluding hydrogens is 219 g/mol. The van der Waals surface area contributed by atoms with Gasteiger partial charge in [-0.05, 0) is 30.1 Å². The highest BCUT2D eigenvalue weighted by Gasteiger charge is 2.74. The van der Waals surface area contributed by atoms with Crippen molar-refractivity contribution < 1.29 is 4.74 Å². The van der Waals surface area contributed by atoms with Gasteiger partial charge in [0.15, 0.2) is 0 Å². The number of rotatable bonds is 2. The maximum absolute atomic E-state index is 5.90. The molecule has 0 aromatic rings. The predicted octanol–water partition coefficient (Wildman–Crippen LogP) is 3.38. The van der Waals surface area contributed by atoms with Gasteiger partial charge in [0.25, 0.3) is 0 Å². The highest BCUT2D eigenvalue weighted by Crippen LogP contribution is 2.71. The summed E-state index contributed by atoms with van der Waals surface area (Å²) in [6.07, 6.45) is 3.84. The molecule has 4 aliphatic rings. The van der Waals surface area contributed by atoms with Gasteiger partial charge in [0.1, 0.15) is 10.4 Å². The normalized spacial score (nSPS) is 52.5. The van der Waals surface area contributed by atoms with Crippen LogP contribution >= 0.6 is 23.2 Å². The van der Waals surface area contributed by atoms with Gasteiger partial charge < -0.3 is 4.74 Å². The fourth-order valence-corrected chi connectivity index (χ4v) is 4.33. The minimum Gasteiger partial charge on any atom is -0.366 e. The summed E-state index contributed by atoms with van der Waals surface area (Å²) in [6.45, 7) is 4.73. The molecule has 14 heavy (non-hydrogen) atoms. The molecule has 4 fully saturated rings. The Morgan fingerprint density at radius 1 is 1.36 bits per heavy atom. The lowest BCUT2D eigenvalue weighted by Gasteiger charge is -2.58. The van der Waals surface area contributed by atoms with E-state index < -0.39 is 0 Å². The molecule has 4 atom stereocenters. The van der Waals surface area contributed by atoms with Gasteiger partial charge in [0.2, 0.25) is 0 Å². The molecule has 0 radical (unpaired) electrons. The number of hydrogen-bond acceptors (Lipinski definition) is 1. The largest absolute Gasteiger partial charge is 0.366 e. The third-order valence-corrected chi connectivity index (χ3v) is 5.19. The molecule has 0 amide bonds. The van der Waals surface area contributed by atoms with E-state index in [1.54, 1.807) is 0 Å². The van der Waals surface area contributed by atoms with E-state index in [2.05, 4.69) is 13.8 Å². The summed E-state index contributed by atoms with van der Waals surface area (Å²) in [5, 5.41) is 0. The fourth-order valence-electron chi connectivity index (χ4n) is 3.85. The molecule has 0 N–H and O–H groups in total. The maximum Gasteiger partial charge on any atom is 0.110 e. The van der Waals surface area contributed by atoms with Crippen molar-refractivity contribution in [1.29, 1.82) is 0 Å². The average Bonchev–Trinajstić information content (AvgIpc) is 2.75. The molecule has 1 heterocycles. The summed E-state index contributed by atoms with van der Waals surface area (Å²) in [6, 6.07) is 0. The van der Waals surface area contributed by atoms with Crippen LogP contribution in [0.3, 0.4) is 0 Å². The minimum absolute atomic E-state index is 0.0619. The molecule has 2 bridgehead atoms. The van der Waals surface area contributed by atoms with Crippen LogP contribution < -0.4 is 0 Å². The lowest BCUT2D eigenvalue weighted by molar-refractivity contribution is -0.0855. The molecule has 3 heteroatoms. The van der Waals surface area contributed by atoms with Gasteiger partial charge in [-0.15, -0.1) is 23.2 Å². The number of alkyl halides is 2. The lowest BCUT2D eigenvalue weighted by atomic mass is 9.45. The number of hydrogen-bond donors (Lipinski definition) is 0. The van der Waals surface area contributed by atoms with Crippen LogP contribution in [0.25, 0.3) is 0 Å². The molecule has 1 saturated heterocycles. The van der Waals surface area contributed by atoms with E-state index in [0.717, 1.165) is 12.3 Å². The second kappa shape index (κ2) is 2.61. The van der Waals surface area contributed by atoms with Crippen LogP contribution in [0.2, 0.25) is 0 Å². The summed E-state index contributed by atoms with van der Waals surface area (Å²) < 4.78 is 5.90. The van der Waals surface area contributed by atoms with Crippen molar-refractivity contribution in [1.82, 2.24) is 0 Å². The van der Waals surface area contributed by atoms with Gasteiger partial charge in [0, 0.05) is 6.42 Å². The summed E-state index contributed by atoms with van der Waals surface area (Å²) in [5.41, 5.74) is 0.516. The molecule has 3 saturated carbocycles. The van der Waals surface area contributed by atoms with Crippen molar-refractivity contribution in [2.24, 2.45) is 17.3 Å². The Morgan fingerprint density at radius 2 is 2.07 bits per heavy atom. The topological polar surface area (TPSA) is 12.5 Å². The molecule has 3 aliphatic carbocycles. The standard InChI is InChI=1S/C11H16Cl2O/c1-10(2)6-3-7(10)11(5-9(12)13)8(4-6)14-11/h6-9H,3-5H2,1-2H3/t6-,7-,8+,11-/m1/s1. The van der Waals surface area contributed by atoms with E-state index >= 15 is 0 Å². The number of halogens is 2. The van der Waals surface area contributed by atoms with Crippen molar-refractivity contribution in [3.8, 4) is 0 Å². The van der Waals surface area contributed by atoms with Gasteiger partial charge in [-0.2, -0.15) is 0 Å². The summed E-state index contributed by atoms with van der Waals surface area (Å²) in [4.78, 5) is -0.270. The lowest BCUT2D eigenvalue weighted by Crippen LogP contribution is -2.57. The van der Waals surface area contributed by atoms with Gasteiger partial charge in [-0.3, -0.25) is 0 Å². The zero-order chi connectivity index (χ0) is 10.1. The van der Waals surface area contributed by atoms with E-state index in [9.17, 15) is 0 Å². The highest BCUT2D eigenvalue weighted by atomic mass is 35.5. The van der Waals surface area contributed by atoms with Crippen LogP contribution in [-0.4, -0.2) is 16.5 Å². The summed E-state index contributed by atoms with van der Waals surface area (Å²) >= 11 is 11.8. The molecule has 1 nitrogen and oxygen atoms in total. The molecule has 0 spiro atoms. The van der Waals surface area contributed by atoms with Crippen LogP contribution in [0.5, 0.6) is 0 Å². The zero-order valence-corrected chi connectivity index (χ0v) is 10.1. The quantitative estimate of drug-likeness (QED) is 0.528. The Hall–Kier alpha value is 0.540. The van der Waals surface area contributed by atoms with Crippen LogP contribution in [0.4, 0.5) is 0 Å². The first-order chi connectivity index (χ1) is 6.47. The number of epoxide rings is 1. The molecule has 1 aliphatic heterocycles. The first kappa shape index (κ1) is 9.74. The van der Waals surface area contributed by atoms with Crippen molar-refractivity contribution in [3.05, 3.63) is 0 Å². The van der Waals surface area contributed by atoms with E-state index in [1.165, 1.54) is 12.8 Å². The Morgan fingerprint density at radius 3 is 2.64 bits per heavy atom. The third-order valence-electron chi connectivity index (χ3n) is 4.88. The zero-order valence-electron chi connectivity index (χ0n) is 8.59. The van der Waals surface area contributed by atoms with Crippen molar-refractivity contribution in [3.63, 3.8) is 0 Å². The molecular formula is C11H16Cl2O. The second-order valence-electron chi connectivity index (χ2n) is 5.70. The van der Waals surface area contributed by atoms with Gasteiger partial charge >= 0.3 is 0 Å². The molecule has 0 aromatic heterocycles. The van der Waals surface area contributed by atoms with E-state index in [-0.39, 0.29) is 10.4 Å². The van der Waals surface area contributed by atoms with Crippen LogP contribution in [0.1, 0.15) is 33.1 Å². The van der Waals surface area contributed by atoms with E-state index in [4.69, 9.17) is 27.9 Å². The van der Waals surface area contributed by atoms with Gasteiger partial charge in [-0.25, -0.2) is 0 Å². The van der Waals surface area contributed by atoms with E-state index in [1.807, 2.05) is 0 Å². The van der Waals surface area contributed by atoms with Gasteiger partial charge in [0.05, 0.1) is 6.10 Å². The summed E-state index contributed by atoms with van der Waals surface area (Å²) in [5.74, 6) is 1.57. The smallest absolute Gasteiger partial charge is 0.110 e. The second-order valence-corrected chi connectivity index (χ2v) is 6.98. The van der Waals surface area contributed by atoms with Crippen molar-refractivity contribution in [2.45, 2.75) is 49.7 Å². The van der Waals surface area contributed by atoms with E-state index in [0.29, 0.717) is 17.4 Å². The first-order valence-corrected chi connectivity index (χ1v) is 6.30. The average molecular weight is 235 g/mol. The Bertz CT molecular complexity index is 276. The summed E-state index contributed by atoms with van der Waals surface area (Å²) in [7, 11) is 0. The predicted molar refractivity (Wildman–Crippen MR) is 57.7 cm³/mol. The fraction of sp³-hybridized carbons (Fsp3) is 1.00. The highest BCUT2D eigenvalue weighted by molar-refractivity contribution is 6.44. The van der Waals surface area contributed by atoms with Crippen LogP contribution in [0, 0.1) is 17.3 Å².